The Balaban J connectivity index is 1.57. The van der Waals surface area contributed by atoms with Crippen molar-refractivity contribution in [2.45, 2.75) is 13.3 Å². The lowest BCUT2D eigenvalue weighted by atomic mass is 10.0. The van der Waals surface area contributed by atoms with Gasteiger partial charge in [-0.25, -0.2) is 19.3 Å². The summed E-state index contributed by atoms with van der Waals surface area (Å²) in [5, 5.41) is 12.7. The largest absolute Gasteiger partial charge is 0.382 e. The Morgan fingerprint density at radius 3 is 2.66 bits per heavy atom. The number of nitrogens with two attached hydrogens (primary N) is 1. The number of nitrogens with one attached hydrogen (secondary N) is 3. The summed E-state index contributed by atoms with van der Waals surface area (Å²) in [5.41, 5.74) is 9.90. The molecule has 10 nitrogen and oxygen atoms in total. The number of amides is 3. The number of nitrogen functional groups attached to an aromatic ring is 1. The summed E-state index contributed by atoms with van der Waals surface area (Å²) in [7, 11) is 0. The second kappa shape index (κ2) is 10.9. The van der Waals surface area contributed by atoms with E-state index in [-0.39, 0.29) is 11.7 Å². The number of benzene rings is 1. The molecule has 11 heteroatoms. The number of carbonyl (C=O) groups excluding carboxylic acids is 2. The molecule has 5 N–H and O–H groups in total. The number of anilines is 3. The smallest absolute Gasteiger partial charge is 0.324 e. The average molecular weight is 491 g/mol. The van der Waals surface area contributed by atoms with Gasteiger partial charge in [0.15, 0.2) is 5.82 Å². The number of nitrogens with zero attached hydrogens (tertiary/aromatic N) is 4. The average Bonchev–Trinajstić information content (AvgIpc) is 3.23. The monoisotopic (exact) mass is 490 g/mol. The maximum Gasteiger partial charge on any atom is 0.324 e. The van der Waals surface area contributed by atoms with Crippen LogP contribution in [0.3, 0.4) is 0 Å². The van der Waals surface area contributed by atoms with E-state index in [0.717, 1.165) is 23.4 Å². The SMILES string of the molecule is CSCCCNC(=O)c1cn2ncnc(N)c2c1-c1ccc(NC(=O)Nc2cccc(C)n2)cc1. The molecular formula is C24H26N8O2S. The summed E-state index contributed by atoms with van der Waals surface area (Å²) in [5.74, 6) is 1.48. The Hall–Kier alpha value is -4.12. The van der Waals surface area contributed by atoms with Crippen LogP contribution in [0.2, 0.25) is 0 Å². The topological polar surface area (TPSA) is 139 Å². The van der Waals surface area contributed by atoms with Crippen molar-refractivity contribution < 1.29 is 9.59 Å². The molecule has 0 aliphatic heterocycles. The van der Waals surface area contributed by atoms with Crippen molar-refractivity contribution in [1.29, 1.82) is 0 Å². The zero-order chi connectivity index (χ0) is 24.8. The van der Waals surface area contributed by atoms with E-state index in [0.29, 0.717) is 34.7 Å². The van der Waals surface area contributed by atoms with Crippen LogP contribution in [0.4, 0.5) is 22.1 Å². The van der Waals surface area contributed by atoms with Crippen LogP contribution in [-0.2, 0) is 0 Å². The number of aromatic nitrogens is 4. The van der Waals surface area contributed by atoms with Gasteiger partial charge >= 0.3 is 6.03 Å². The Morgan fingerprint density at radius 2 is 1.91 bits per heavy atom. The minimum Gasteiger partial charge on any atom is -0.382 e. The van der Waals surface area contributed by atoms with Gasteiger partial charge < -0.3 is 16.4 Å². The number of hydrogen-bond donors (Lipinski definition) is 4. The summed E-state index contributed by atoms with van der Waals surface area (Å²) >= 11 is 1.73. The summed E-state index contributed by atoms with van der Waals surface area (Å²) in [6, 6.07) is 12.1. The Labute approximate surface area is 206 Å². The van der Waals surface area contributed by atoms with Gasteiger partial charge in [-0.3, -0.25) is 10.1 Å². The Morgan fingerprint density at radius 1 is 1.11 bits per heavy atom. The van der Waals surface area contributed by atoms with Crippen molar-refractivity contribution in [2.75, 3.05) is 34.9 Å². The molecular weight excluding hydrogens is 464 g/mol. The number of rotatable bonds is 8. The van der Waals surface area contributed by atoms with Crippen molar-refractivity contribution >= 4 is 46.5 Å². The lowest BCUT2D eigenvalue weighted by Crippen LogP contribution is -2.25. The molecule has 0 spiro atoms. The fourth-order valence-corrected chi connectivity index (χ4v) is 4.06. The number of aryl methyl sites for hydroxylation is 1. The summed E-state index contributed by atoms with van der Waals surface area (Å²) in [6.07, 6.45) is 5.91. The van der Waals surface area contributed by atoms with Crippen LogP contribution in [0.25, 0.3) is 16.6 Å². The highest BCUT2D eigenvalue weighted by Gasteiger charge is 2.21. The van der Waals surface area contributed by atoms with Gasteiger partial charge in [0.05, 0.1) is 5.56 Å². The molecule has 3 aromatic heterocycles. The van der Waals surface area contributed by atoms with Crippen LogP contribution < -0.4 is 21.7 Å². The maximum atomic E-state index is 13.0. The van der Waals surface area contributed by atoms with Crippen molar-refractivity contribution in [3.8, 4) is 11.1 Å². The van der Waals surface area contributed by atoms with Crippen LogP contribution in [-0.4, -0.2) is 50.1 Å². The second-order valence-electron chi connectivity index (χ2n) is 7.78. The van der Waals surface area contributed by atoms with Crippen molar-refractivity contribution in [3.63, 3.8) is 0 Å². The third kappa shape index (κ3) is 5.69. The summed E-state index contributed by atoms with van der Waals surface area (Å²) in [4.78, 5) is 33.7. The Kier molecular flexibility index (Phi) is 7.46. The second-order valence-corrected chi connectivity index (χ2v) is 8.76. The number of hydrogen-bond acceptors (Lipinski definition) is 7. The minimum atomic E-state index is -0.409. The minimum absolute atomic E-state index is 0.210. The summed E-state index contributed by atoms with van der Waals surface area (Å²) < 4.78 is 1.56. The molecule has 4 rings (SSSR count). The lowest BCUT2D eigenvalue weighted by molar-refractivity contribution is 0.0954. The molecule has 0 saturated heterocycles. The van der Waals surface area contributed by atoms with Gasteiger partial charge in [0.2, 0.25) is 0 Å². The van der Waals surface area contributed by atoms with Crippen LogP contribution in [0.1, 0.15) is 22.5 Å². The number of fused-ring (bicyclic) bond motifs is 1. The quantitative estimate of drug-likeness (QED) is 0.275. The zero-order valence-corrected chi connectivity index (χ0v) is 20.2. The van der Waals surface area contributed by atoms with Crippen molar-refractivity contribution in [2.24, 2.45) is 0 Å². The fourth-order valence-electron chi connectivity index (χ4n) is 3.62. The van der Waals surface area contributed by atoms with E-state index in [1.54, 1.807) is 40.7 Å². The first-order valence-electron chi connectivity index (χ1n) is 11.0. The first-order chi connectivity index (χ1) is 17.0. The number of pyridine rings is 1. The molecule has 0 bridgehead atoms. The van der Waals surface area contributed by atoms with Gasteiger partial charge in [0, 0.05) is 29.7 Å². The van der Waals surface area contributed by atoms with Crippen LogP contribution >= 0.6 is 11.8 Å². The third-order valence-electron chi connectivity index (χ3n) is 5.22. The van der Waals surface area contributed by atoms with E-state index in [1.807, 2.05) is 37.4 Å². The molecule has 0 saturated carbocycles. The number of carbonyl (C=O) groups is 2. The standard InChI is InChI=1S/C24H26N8O2S/c1-15-5-3-6-19(29-15)31-24(34)30-17-9-7-16(8-10-17)20-18(23(33)26-11-4-12-35-2)13-32-21(20)22(25)27-14-28-32/h3,5-10,13-14H,4,11-12H2,1-2H3,(H,26,33)(H2,25,27,28)(H2,29,30,31,34). The normalized spacial score (nSPS) is 10.8. The maximum absolute atomic E-state index is 13.0. The predicted octanol–water partition coefficient (Wildman–Crippen LogP) is 3.81. The Bertz CT molecular complexity index is 1350. The van der Waals surface area contributed by atoms with Crippen molar-refractivity contribution in [3.05, 3.63) is 66.2 Å². The predicted molar refractivity (Wildman–Crippen MR) is 140 cm³/mol. The van der Waals surface area contributed by atoms with Crippen molar-refractivity contribution in [1.82, 2.24) is 24.9 Å². The van der Waals surface area contributed by atoms with Crippen LogP contribution in [0.15, 0.2) is 55.0 Å². The van der Waals surface area contributed by atoms with E-state index in [2.05, 4.69) is 31.0 Å². The molecule has 0 fully saturated rings. The highest BCUT2D eigenvalue weighted by molar-refractivity contribution is 7.98. The van der Waals surface area contributed by atoms with Gasteiger partial charge in [-0.15, -0.1) is 0 Å². The summed E-state index contributed by atoms with van der Waals surface area (Å²) in [6.45, 7) is 2.42. The molecule has 3 heterocycles. The molecule has 1 aromatic carbocycles. The zero-order valence-electron chi connectivity index (χ0n) is 19.4. The number of thioether (sulfide) groups is 1. The highest BCUT2D eigenvalue weighted by atomic mass is 32.2. The van der Waals surface area contributed by atoms with E-state index in [1.165, 1.54) is 6.33 Å². The molecule has 0 atom stereocenters. The molecule has 0 aliphatic carbocycles. The lowest BCUT2D eigenvalue weighted by Gasteiger charge is -2.10. The third-order valence-corrected chi connectivity index (χ3v) is 5.92. The molecule has 4 aromatic rings. The van der Waals surface area contributed by atoms with Gasteiger partial charge in [-0.2, -0.15) is 16.9 Å². The molecule has 0 radical (unpaired) electrons. The first-order valence-corrected chi connectivity index (χ1v) is 12.4. The van der Waals surface area contributed by atoms with Crippen LogP contribution in [0.5, 0.6) is 0 Å². The first kappa shape index (κ1) is 24.0. The van der Waals surface area contributed by atoms with Gasteiger partial charge in [0.1, 0.15) is 17.7 Å². The molecule has 0 unspecified atom stereocenters. The van der Waals surface area contributed by atoms with E-state index < -0.39 is 6.03 Å². The molecule has 0 aliphatic rings. The highest BCUT2D eigenvalue weighted by Crippen LogP contribution is 2.33. The van der Waals surface area contributed by atoms with E-state index in [9.17, 15) is 9.59 Å². The van der Waals surface area contributed by atoms with E-state index >= 15 is 0 Å². The number of urea groups is 1. The van der Waals surface area contributed by atoms with Gasteiger partial charge in [0.25, 0.3) is 5.91 Å². The molecule has 3 amide bonds. The fraction of sp³-hybridized carbons (Fsp3) is 0.208. The molecule has 180 valence electrons. The van der Waals surface area contributed by atoms with Gasteiger partial charge in [-0.1, -0.05) is 18.2 Å². The van der Waals surface area contributed by atoms with Crippen LogP contribution in [0, 0.1) is 6.92 Å². The molecule has 35 heavy (non-hydrogen) atoms. The van der Waals surface area contributed by atoms with E-state index in [4.69, 9.17) is 5.73 Å². The van der Waals surface area contributed by atoms with Gasteiger partial charge in [-0.05, 0) is 55.2 Å².